The third-order valence-electron chi connectivity index (χ3n) is 4.85. The molecule has 2 aromatic carbocycles. The molecule has 1 aliphatic heterocycles. The Kier molecular flexibility index (Phi) is 4.28. The summed E-state index contributed by atoms with van der Waals surface area (Å²) in [6, 6.07) is 12.7. The molecule has 0 bridgehead atoms. The molecule has 2 heterocycles. The molecule has 1 amide bonds. The quantitative estimate of drug-likeness (QED) is 0.741. The van der Waals surface area contributed by atoms with Gasteiger partial charge in [0.1, 0.15) is 17.2 Å². The maximum absolute atomic E-state index is 12.8. The Balaban J connectivity index is 1.89. The van der Waals surface area contributed by atoms with Gasteiger partial charge in [0.05, 0.1) is 26.0 Å². The highest BCUT2D eigenvalue weighted by molar-refractivity contribution is 6.30. The summed E-state index contributed by atoms with van der Waals surface area (Å²) in [6.45, 7) is 0. The fraction of sp³-hybridized carbons (Fsp3) is 0.200. The van der Waals surface area contributed by atoms with Crippen molar-refractivity contribution in [3.63, 3.8) is 0 Å². The highest BCUT2D eigenvalue weighted by Gasteiger charge is 2.41. The third kappa shape index (κ3) is 2.73. The van der Waals surface area contributed by atoms with Crippen LogP contribution in [0.5, 0.6) is 11.5 Å². The Hall–Kier alpha value is -2.99. The van der Waals surface area contributed by atoms with Gasteiger partial charge >= 0.3 is 0 Å². The van der Waals surface area contributed by atoms with Crippen molar-refractivity contribution in [3.05, 3.63) is 64.3 Å². The normalized spacial score (nSPS) is 15.8. The number of ether oxygens (including phenoxy) is 2. The van der Waals surface area contributed by atoms with Crippen molar-refractivity contribution in [1.29, 1.82) is 0 Å². The summed E-state index contributed by atoms with van der Waals surface area (Å²) in [4.78, 5) is 14.5. The molecule has 1 atom stereocenters. The number of nitrogens with one attached hydrogen (secondary N) is 1. The number of H-pyrrole nitrogens is 1. The van der Waals surface area contributed by atoms with Gasteiger partial charge in [-0.15, -0.1) is 0 Å². The average molecular weight is 384 g/mol. The van der Waals surface area contributed by atoms with Crippen LogP contribution in [0.3, 0.4) is 0 Å². The van der Waals surface area contributed by atoms with Crippen LogP contribution >= 0.6 is 11.6 Å². The summed E-state index contributed by atoms with van der Waals surface area (Å²) in [5.74, 6) is 1.23. The van der Waals surface area contributed by atoms with E-state index in [1.54, 1.807) is 38.3 Å². The van der Waals surface area contributed by atoms with E-state index < -0.39 is 0 Å². The van der Waals surface area contributed by atoms with E-state index in [9.17, 15) is 4.79 Å². The van der Waals surface area contributed by atoms with Crippen LogP contribution in [0, 0.1) is 0 Å². The molecule has 1 aromatic heterocycles. The number of aromatic amines is 1. The van der Waals surface area contributed by atoms with Gasteiger partial charge in [0, 0.05) is 34.8 Å². The van der Waals surface area contributed by atoms with Gasteiger partial charge < -0.3 is 14.4 Å². The molecule has 1 N–H and O–H groups in total. The Bertz CT molecular complexity index is 1010. The Morgan fingerprint density at radius 2 is 1.85 bits per heavy atom. The highest BCUT2D eigenvalue weighted by Crippen LogP contribution is 2.45. The maximum Gasteiger partial charge on any atom is 0.272 e. The zero-order valence-electron chi connectivity index (χ0n) is 15.1. The zero-order chi connectivity index (χ0) is 19.1. The first-order valence-corrected chi connectivity index (χ1v) is 8.76. The largest absolute Gasteiger partial charge is 0.497 e. The van der Waals surface area contributed by atoms with Crippen molar-refractivity contribution in [1.82, 2.24) is 15.1 Å². The van der Waals surface area contributed by atoms with E-state index in [4.69, 9.17) is 21.1 Å². The van der Waals surface area contributed by atoms with Gasteiger partial charge in [-0.3, -0.25) is 9.89 Å². The number of halogens is 1. The molecule has 0 unspecified atom stereocenters. The molecule has 7 heteroatoms. The molecular weight excluding hydrogens is 366 g/mol. The van der Waals surface area contributed by atoms with E-state index in [0.29, 0.717) is 22.2 Å². The molecule has 6 nitrogen and oxygen atoms in total. The van der Waals surface area contributed by atoms with Crippen molar-refractivity contribution < 1.29 is 14.3 Å². The Morgan fingerprint density at radius 1 is 1.11 bits per heavy atom. The predicted octanol–water partition coefficient (Wildman–Crippen LogP) is 3.92. The number of carbonyl (C=O) groups excluding carboxylic acids is 1. The minimum absolute atomic E-state index is 0.111. The predicted molar refractivity (Wildman–Crippen MR) is 103 cm³/mol. The van der Waals surface area contributed by atoms with E-state index >= 15 is 0 Å². The second-order valence-corrected chi connectivity index (χ2v) is 6.73. The number of carbonyl (C=O) groups is 1. The summed E-state index contributed by atoms with van der Waals surface area (Å²) in [5, 5.41) is 7.95. The molecular formula is C20H18ClN3O3. The highest BCUT2D eigenvalue weighted by atomic mass is 35.5. The number of hydrogen-bond donors (Lipinski definition) is 1. The molecule has 0 saturated heterocycles. The lowest BCUT2D eigenvalue weighted by molar-refractivity contribution is 0.0787. The topological polar surface area (TPSA) is 67.5 Å². The van der Waals surface area contributed by atoms with E-state index in [0.717, 1.165) is 22.4 Å². The van der Waals surface area contributed by atoms with Crippen LogP contribution in [0.25, 0.3) is 11.3 Å². The lowest BCUT2D eigenvalue weighted by atomic mass is 9.95. The maximum atomic E-state index is 12.8. The van der Waals surface area contributed by atoms with Crippen molar-refractivity contribution >= 4 is 17.5 Å². The fourth-order valence-electron chi connectivity index (χ4n) is 3.50. The number of aromatic nitrogens is 2. The van der Waals surface area contributed by atoms with Gasteiger partial charge in [0.25, 0.3) is 5.91 Å². The minimum Gasteiger partial charge on any atom is -0.497 e. The van der Waals surface area contributed by atoms with Gasteiger partial charge in [-0.2, -0.15) is 5.10 Å². The van der Waals surface area contributed by atoms with Crippen LogP contribution < -0.4 is 9.47 Å². The van der Waals surface area contributed by atoms with Gasteiger partial charge in [-0.1, -0.05) is 23.7 Å². The molecule has 27 heavy (non-hydrogen) atoms. The molecule has 0 aliphatic carbocycles. The lowest BCUT2D eigenvalue weighted by Crippen LogP contribution is -2.25. The Morgan fingerprint density at radius 3 is 2.52 bits per heavy atom. The van der Waals surface area contributed by atoms with E-state index in [1.165, 1.54) is 0 Å². The van der Waals surface area contributed by atoms with Crippen LogP contribution in [-0.4, -0.2) is 42.3 Å². The molecule has 4 rings (SSSR count). The summed E-state index contributed by atoms with van der Waals surface area (Å²) < 4.78 is 10.9. The average Bonchev–Trinajstić information content (AvgIpc) is 3.22. The first kappa shape index (κ1) is 17.4. The van der Waals surface area contributed by atoms with Crippen LogP contribution in [0.15, 0.2) is 42.5 Å². The van der Waals surface area contributed by atoms with E-state index in [2.05, 4.69) is 10.2 Å². The van der Waals surface area contributed by atoms with Crippen molar-refractivity contribution in [2.24, 2.45) is 0 Å². The van der Waals surface area contributed by atoms with Crippen LogP contribution in [0.1, 0.15) is 27.7 Å². The molecule has 138 valence electrons. The van der Waals surface area contributed by atoms with Crippen molar-refractivity contribution in [2.45, 2.75) is 6.04 Å². The molecule has 0 saturated carbocycles. The van der Waals surface area contributed by atoms with Crippen LogP contribution in [0.2, 0.25) is 5.02 Å². The molecule has 1 aliphatic rings. The summed E-state index contributed by atoms with van der Waals surface area (Å²) >= 11 is 6.01. The number of methoxy groups -OCH3 is 2. The lowest BCUT2D eigenvalue weighted by Gasteiger charge is -2.24. The number of rotatable bonds is 4. The van der Waals surface area contributed by atoms with Gasteiger partial charge in [-0.25, -0.2) is 0 Å². The molecule has 3 aromatic rings. The second-order valence-electron chi connectivity index (χ2n) is 6.29. The van der Waals surface area contributed by atoms with Crippen LogP contribution in [-0.2, 0) is 0 Å². The smallest absolute Gasteiger partial charge is 0.272 e. The first-order chi connectivity index (χ1) is 13.0. The fourth-order valence-corrected chi connectivity index (χ4v) is 3.63. The number of amides is 1. The summed E-state index contributed by atoms with van der Waals surface area (Å²) in [5.41, 5.74) is 3.79. The third-order valence-corrected chi connectivity index (χ3v) is 5.10. The molecule has 0 fully saturated rings. The summed E-state index contributed by atoms with van der Waals surface area (Å²) in [7, 11) is 4.98. The number of fused-ring (bicyclic) bond motifs is 1. The number of hydrogen-bond acceptors (Lipinski definition) is 4. The number of benzene rings is 2. The monoisotopic (exact) mass is 383 g/mol. The number of nitrogens with zero attached hydrogens (tertiary/aromatic N) is 2. The van der Waals surface area contributed by atoms with Crippen molar-refractivity contribution in [2.75, 3.05) is 21.3 Å². The van der Waals surface area contributed by atoms with Gasteiger partial charge in [-0.05, 0) is 24.3 Å². The SMILES string of the molecule is COc1ccc([C@H]2c3c(-c4ccc(Cl)cc4)n[nH]c3C(=O)N2C)c(OC)c1. The van der Waals surface area contributed by atoms with Crippen LogP contribution in [0.4, 0.5) is 0 Å². The van der Waals surface area contributed by atoms with E-state index in [1.807, 2.05) is 30.3 Å². The Labute approximate surface area is 161 Å². The zero-order valence-corrected chi connectivity index (χ0v) is 15.9. The first-order valence-electron chi connectivity index (χ1n) is 8.38. The van der Waals surface area contributed by atoms with Crippen molar-refractivity contribution in [3.8, 4) is 22.8 Å². The molecule has 0 spiro atoms. The van der Waals surface area contributed by atoms with Gasteiger partial charge in [0.2, 0.25) is 0 Å². The second kappa shape index (κ2) is 6.63. The minimum atomic E-state index is -0.321. The van der Waals surface area contributed by atoms with E-state index in [-0.39, 0.29) is 11.9 Å². The molecule has 0 radical (unpaired) electrons. The van der Waals surface area contributed by atoms with Gasteiger partial charge in [0.15, 0.2) is 0 Å². The standard InChI is InChI=1S/C20H18ClN3O3/c1-24-19(14-9-8-13(26-2)10-15(14)27-3)16-17(22-23-18(16)20(24)25)11-4-6-12(21)7-5-11/h4-10,19H,1-3H3,(H,22,23)/t19-/m0/s1. The summed E-state index contributed by atoms with van der Waals surface area (Å²) in [6.07, 6.45) is 0.